The van der Waals surface area contributed by atoms with Gasteiger partial charge in [0.15, 0.2) is 17.3 Å². The third-order valence-corrected chi connectivity index (χ3v) is 6.40. The van der Waals surface area contributed by atoms with Crippen molar-refractivity contribution in [2.24, 2.45) is 0 Å². The predicted molar refractivity (Wildman–Crippen MR) is 122 cm³/mol. The van der Waals surface area contributed by atoms with Crippen LogP contribution in [-0.4, -0.2) is 28.4 Å². The minimum absolute atomic E-state index is 0.0360. The molecule has 2 N–H and O–H groups in total. The number of halogens is 1. The number of hydrogen-bond donors (Lipinski definition) is 3. The number of nitrogens with one attached hydrogen (secondary N) is 1. The molecular formula is C20H24BrNO5SSi. The van der Waals surface area contributed by atoms with E-state index in [0.717, 1.165) is 16.3 Å². The molecule has 6 nitrogen and oxygen atoms in total. The van der Waals surface area contributed by atoms with Crippen molar-refractivity contribution in [3.63, 3.8) is 0 Å². The zero-order valence-corrected chi connectivity index (χ0v) is 19.9. The molecule has 1 atom stereocenters. The van der Waals surface area contributed by atoms with Crippen LogP contribution < -0.4 is 9.15 Å². The molecular weight excluding hydrogens is 474 g/mol. The SMILES string of the molecule is C[Si](C)(C)Oc1c(C(Br)CCN[SH](=O)=O)oc(-c2cccc3ccccc23)c1O. The van der Waals surface area contributed by atoms with Gasteiger partial charge in [0, 0.05) is 12.1 Å². The van der Waals surface area contributed by atoms with Crippen molar-refractivity contribution in [2.45, 2.75) is 30.9 Å². The van der Waals surface area contributed by atoms with Crippen LogP contribution >= 0.6 is 15.9 Å². The number of hydrogen-bond acceptors (Lipinski definition) is 5. The van der Waals surface area contributed by atoms with Crippen molar-refractivity contribution in [2.75, 3.05) is 6.54 Å². The van der Waals surface area contributed by atoms with E-state index >= 15 is 0 Å². The van der Waals surface area contributed by atoms with Crippen molar-refractivity contribution < 1.29 is 22.4 Å². The predicted octanol–water partition coefficient (Wildman–Crippen LogP) is 4.96. The first-order chi connectivity index (χ1) is 13.7. The van der Waals surface area contributed by atoms with E-state index in [1.807, 2.05) is 62.1 Å². The maximum Gasteiger partial charge on any atom is 0.242 e. The fraction of sp³-hybridized carbons (Fsp3) is 0.300. The van der Waals surface area contributed by atoms with Crippen LogP contribution in [0.25, 0.3) is 22.1 Å². The summed E-state index contributed by atoms with van der Waals surface area (Å²) in [5, 5.41) is 13.0. The lowest BCUT2D eigenvalue weighted by Gasteiger charge is -2.20. The highest BCUT2D eigenvalue weighted by Crippen LogP contribution is 2.49. The first kappa shape index (κ1) is 21.9. The van der Waals surface area contributed by atoms with Gasteiger partial charge in [-0.1, -0.05) is 58.4 Å². The molecule has 0 fully saturated rings. The molecule has 1 unspecified atom stereocenters. The van der Waals surface area contributed by atoms with Crippen LogP contribution in [0.3, 0.4) is 0 Å². The van der Waals surface area contributed by atoms with E-state index in [-0.39, 0.29) is 17.1 Å². The second kappa shape index (κ2) is 8.91. The molecule has 0 aliphatic carbocycles. The summed E-state index contributed by atoms with van der Waals surface area (Å²) < 4.78 is 36.2. The maximum absolute atomic E-state index is 11.0. The maximum atomic E-state index is 11.0. The summed E-state index contributed by atoms with van der Waals surface area (Å²) in [5.41, 5.74) is 0.771. The first-order valence-electron chi connectivity index (χ1n) is 9.22. The second-order valence-electron chi connectivity index (χ2n) is 7.64. The van der Waals surface area contributed by atoms with E-state index in [0.29, 0.717) is 23.7 Å². The summed E-state index contributed by atoms with van der Waals surface area (Å²) in [7, 11) is -4.71. The lowest BCUT2D eigenvalue weighted by Crippen LogP contribution is -2.29. The number of aromatic hydroxyl groups is 1. The van der Waals surface area contributed by atoms with E-state index in [9.17, 15) is 13.5 Å². The minimum Gasteiger partial charge on any atom is -0.539 e. The van der Waals surface area contributed by atoms with Gasteiger partial charge in [-0.25, -0.2) is 13.1 Å². The van der Waals surface area contributed by atoms with Gasteiger partial charge in [-0.2, -0.15) is 0 Å². The van der Waals surface area contributed by atoms with Gasteiger partial charge in [-0.15, -0.1) is 0 Å². The summed E-state index contributed by atoms with van der Waals surface area (Å²) in [6.45, 7) is 6.31. The van der Waals surface area contributed by atoms with E-state index in [4.69, 9.17) is 8.84 Å². The van der Waals surface area contributed by atoms with Crippen LogP contribution in [0, 0.1) is 0 Å². The van der Waals surface area contributed by atoms with Crippen LogP contribution in [-0.2, 0) is 10.9 Å². The average Bonchev–Trinajstić information content (AvgIpc) is 2.96. The number of furan rings is 1. The smallest absolute Gasteiger partial charge is 0.242 e. The molecule has 0 aliphatic heterocycles. The number of fused-ring (bicyclic) bond motifs is 1. The topological polar surface area (TPSA) is 88.8 Å². The van der Waals surface area contributed by atoms with E-state index in [2.05, 4.69) is 20.7 Å². The van der Waals surface area contributed by atoms with Crippen LogP contribution in [0.2, 0.25) is 19.6 Å². The third-order valence-electron chi connectivity index (χ3n) is 4.23. The fourth-order valence-electron chi connectivity index (χ4n) is 3.06. The Balaban J connectivity index is 2.08. The quantitative estimate of drug-likeness (QED) is 0.232. The normalized spacial score (nSPS) is 13.1. The molecule has 0 aliphatic rings. The highest BCUT2D eigenvalue weighted by Gasteiger charge is 2.31. The van der Waals surface area contributed by atoms with Crippen molar-refractivity contribution >= 4 is 45.9 Å². The molecule has 0 saturated carbocycles. The summed E-state index contributed by atoms with van der Waals surface area (Å²) in [6.07, 6.45) is 0.438. The van der Waals surface area contributed by atoms with Gasteiger partial charge in [0.1, 0.15) is 0 Å². The first-order valence-corrected chi connectivity index (χ1v) is 14.7. The third kappa shape index (κ3) is 5.22. The highest BCUT2D eigenvalue weighted by molar-refractivity contribution is 9.09. The molecule has 0 spiro atoms. The number of benzene rings is 2. The summed E-state index contributed by atoms with van der Waals surface area (Å²) in [4.78, 5) is -0.328. The standard InChI is InChI=1S/C20H24BrNO5SSi/c1-29(2,3)27-20-17(23)18(26-19(20)16(21)11-12-22-28(24)25)15-10-6-8-13-7-4-5-9-14(13)15/h4-10,16,23,28H,11-12H2,1-3H3,(H,22,24,25). The molecule has 0 saturated heterocycles. The Hall–Kier alpha value is -1.81. The summed E-state index contributed by atoms with van der Waals surface area (Å²) in [5.74, 6) is 1.08. The molecule has 1 heterocycles. The van der Waals surface area contributed by atoms with Crippen molar-refractivity contribution in [3.8, 4) is 22.8 Å². The zero-order chi connectivity index (χ0) is 21.2. The lowest BCUT2D eigenvalue weighted by molar-refractivity contribution is 0.438. The van der Waals surface area contributed by atoms with Crippen LogP contribution in [0.5, 0.6) is 11.5 Å². The van der Waals surface area contributed by atoms with Gasteiger partial charge < -0.3 is 13.9 Å². The van der Waals surface area contributed by atoms with Crippen LogP contribution in [0.1, 0.15) is 17.0 Å². The van der Waals surface area contributed by atoms with Gasteiger partial charge in [0.25, 0.3) is 0 Å². The fourth-order valence-corrected chi connectivity index (χ4v) is 4.71. The van der Waals surface area contributed by atoms with E-state index < -0.39 is 19.2 Å². The van der Waals surface area contributed by atoms with Gasteiger partial charge in [-0.05, 0) is 36.8 Å². The number of rotatable bonds is 8. The highest BCUT2D eigenvalue weighted by atomic mass is 79.9. The second-order valence-corrected chi connectivity index (χ2v) is 14.0. The van der Waals surface area contributed by atoms with E-state index in [1.165, 1.54) is 0 Å². The Morgan fingerprint density at radius 3 is 2.55 bits per heavy atom. The Bertz CT molecular complexity index is 1080. The zero-order valence-electron chi connectivity index (χ0n) is 16.4. The Morgan fingerprint density at radius 1 is 1.17 bits per heavy atom. The summed E-state index contributed by atoms with van der Waals surface area (Å²) in [6, 6.07) is 13.7. The molecule has 3 aromatic rings. The molecule has 2 aromatic carbocycles. The van der Waals surface area contributed by atoms with Gasteiger partial charge in [-0.3, -0.25) is 0 Å². The van der Waals surface area contributed by atoms with E-state index in [1.54, 1.807) is 0 Å². The average molecular weight is 498 g/mol. The molecule has 1 aromatic heterocycles. The Labute approximate surface area is 181 Å². The van der Waals surface area contributed by atoms with Gasteiger partial charge in [0.05, 0.1) is 4.83 Å². The Morgan fingerprint density at radius 2 is 1.86 bits per heavy atom. The van der Waals surface area contributed by atoms with Crippen LogP contribution in [0.4, 0.5) is 0 Å². The lowest BCUT2D eigenvalue weighted by atomic mass is 10.0. The van der Waals surface area contributed by atoms with Gasteiger partial charge in [0.2, 0.25) is 25.0 Å². The Kier molecular flexibility index (Phi) is 6.72. The largest absolute Gasteiger partial charge is 0.539 e. The number of thiol groups is 1. The van der Waals surface area contributed by atoms with Crippen molar-refractivity contribution in [1.29, 1.82) is 0 Å². The minimum atomic E-state index is -2.66. The van der Waals surface area contributed by atoms with Crippen molar-refractivity contribution in [3.05, 3.63) is 48.2 Å². The van der Waals surface area contributed by atoms with Crippen molar-refractivity contribution in [1.82, 2.24) is 4.72 Å². The molecule has 0 bridgehead atoms. The monoisotopic (exact) mass is 497 g/mol. The number of alkyl halides is 1. The van der Waals surface area contributed by atoms with Crippen LogP contribution in [0.15, 0.2) is 46.9 Å². The molecule has 3 rings (SSSR count). The van der Waals surface area contributed by atoms with Gasteiger partial charge >= 0.3 is 0 Å². The molecule has 0 radical (unpaired) electrons. The molecule has 0 amide bonds. The molecule has 156 valence electrons. The molecule has 29 heavy (non-hydrogen) atoms. The summed E-state index contributed by atoms with van der Waals surface area (Å²) >= 11 is 3.56. The molecule has 9 heteroatoms.